The zero-order chi connectivity index (χ0) is 14.0. The van der Waals surface area contributed by atoms with Gasteiger partial charge < -0.3 is 5.32 Å². The van der Waals surface area contributed by atoms with Crippen molar-refractivity contribution in [1.82, 2.24) is 5.32 Å². The van der Waals surface area contributed by atoms with Crippen molar-refractivity contribution in [3.63, 3.8) is 0 Å². The van der Waals surface area contributed by atoms with Crippen molar-refractivity contribution in [3.05, 3.63) is 0 Å². The summed E-state index contributed by atoms with van der Waals surface area (Å²) in [6.07, 6.45) is 3.95. The van der Waals surface area contributed by atoms with Crippen LogP contribution in [0.5, 0.6) is 0 Å². The lowest BCUT2D eigenvalue weighted by Gasteiger charge is -2.33. The van der Waals surface area contributed by atoms with Crippen molar-refractivity contribution < 1.29 is 8.42 Å². The molecular weight excluding hydrogens is 246 g/mol. The number of sulfone groups is 1. The third-order valence-corrected chi connectivity index (χ3v) is 6.43. The fraction of sp³-hybridized carbons (Fsp3) is 1.00. The summed E-state index contributed by atoms with van der Waals surface area (Å²) in [4.78, 5) is 0. The molecule has 0 radical (unpaired) electrons. The molecule has 0 bridgehead atoms. The number of rotatable bonds is 4. The first kappa shape index (κ1) is 16.0. The minimum Gasteiger partial charge on any atom is -0.315 e. The zero-order valence-electron chi connectivity index (χ0n) is 12.5. The molecule has 1 fully saturated rings. The van der Waals surface area contributed by atoms with Crippen LogP contribution >= 0.6 is 0 Å². The van der Waals surface area contributed by atoms with Gasteiger partial charge in [0.25, 0.3) is 0 Å². The van der Waals surface area contributed by atoms with Crippen molar-refractivity contribution in [3.8, 4) is 0 Å². The summed E-state index contributed by atoms with van der Waals surface area (Å²) in [5.41, 5.74) is -0.0257. The predicted octanol–water partition coefficient (Wildman–Crippen LogP) is 2.61. The standard InChI is InChI=1S/C14H29NO2S/c1-11-7-6-8-12(9-11)18(16,17)10-13(15-5)14(2,3)4/h11-13,15H,6-10H2,1-5H3. The molecule has 3 nitrogen and oxygen atoms in total. The lowest BCUT2D eigenvalue weighted by Crippen LogP contribution is -2.46. The summed E-state index contributed by atoms with van der Waals surface area (Å²) in [5, 5.41) is 3.06. The van der Waals surface area contributed by atoms with Crippen LogP contribution in [-0.2, 0) is 9.84 Å². The van der Waals surface area contributed by atoms with Gasteiger partial charge in [0.05, 0.1) is 11.0 Å². The molecule has 0 aromatic rings. The van der Waals surface area contributed by atoms with Crippen LogP contribution in [0.3, 0.4) is 0 Å². The predicted molar refractivity (Wildman–Crippen MR) is 77.5 cm³/mol. The van der Waals surface area contributed by atoms with E-state index in [1.54, 1.807) is 0 Å². The van der Waals surface area contributed by atoms with E-state index >= 15 is 0 Å². The Kier molecular flexibility index (Phi) is 5.24. The van der Waals surface area contributed by atoms with Gasteiger partial charge in [0, 0.05) is 6.04 Å². The van der Waals surface area contributed by atoms with E-state index < -0.39 is 9.84 Å². The minimum absolute atomic E-state index is 0.0257. The maximum Gasteiger partial charge on any atom is 0.154 e. The van der Waals surface area contributed by atoms with Gasteiger partial charge in [-0.15, -0.1) is 0 Å². The van der Waals surface area contributed by atoms with Gasteiger partial charge in [0.1, 0.15) is 0 Å². The molecular formula is C14H29NO2S. The molecule has 0 aromatic carbocycles. The number of hydrogen-bond donors (Lipinski definition) is 1. The summed E-state index contributed by atoms with van der Waals surface area (Å²) in [7, 11) is -1.12. The molecule has 0 aromatic heterocycles. The highest BCUT2D eigenvalue weighted by molar-refractivity contribution is 7.92. The Morgan fingerprint density at radius 2 is 1.89 bits per heavy atom. The Labute approximate surface area is 113 Å². The van der Waals surface area contributed by atoms with E-state index in [0.29, 0.717) is 5.92 Å². The van der Waals surface area contributed by atoms with Gasteiger partial charge in [-0.25, -0.2) is 8.42 Å². The summed E-state index contributed by atoms with van der Waals surface area (Å²) in [6, 6.07) is 0.0275. The van der Waals surface area contributed by atoms with E-state index in [1.807, 2.05) is 7.05 Å². The van der Waals surface area contributed by atoms with Gasteiger partial charge in [-0.3, -0.25) is 0 Å². The average molecular weight is 275 g/mol. The molecule has 3 atom stereocenters. The van der Waals surface area contributed by atoms with Crippen molar-refractivity contribution in [2.24, 2.45) is 11.3 Å². The van der Waals surface area contributed by atoms with E-state index in [4.69, 9.17) is 0 Å². The van der Waals surface area contributed by atoms with Crippen molar-refractivity contribution in [1.29, 1.82) is 0 Å². The fourth-order valence-corrected chi connectivity index (χ4v) is 5.39. The first-order valence-electron chi connectivity index (χ1n) is 7.05. The van der Waals surface area contributed by atoms with Crippen LogP contribution in [0.1, 0.15) is 53.4 Å². The Morgan fingerprint density at radius 3 is 2.33 bits per heavy atom. The highest BCUT2D eigenvalue weighted by atomic mass is 32.2. The van der Waals surface area contributed by atoms with E-state index in [2.05, 4.69) is 33.0 Å². The molecule has 0 saturated heterocycles. The molecule has 1 aliphatic rings. The van der Waals surface area contributed by atoms with Crippen LogP contribution < -0.4 is 5.32 Å². The van der Waals surface area contributed by atoms with Gasteiger partial charge in [0.2, 0.25) is 0 Å². The number of hydrogen-bond acceptors (Lipinski definition) is 3. The molecule has 1 saturated carbocycles. The molecule has 1 aliphatic carbocycles. The maximum atomic E-state index is 12.5. The van der Waals surface area contributed by atoms with Gasteiger partial charge in [-0.05, 0) is 31.2 Å². The molecule has 0 spiro atoms. The minimum atomic E-state index is -2.97. The molecule has 3 unspecified atom stereocenters. The second-order valence-corrected chi connectivity index (χ2v) is 9.26. The molecule has 0 amide bonds. The van der Waals surface area contributed by atoms with Crippen LogP contribution in [0.4, 0.5) is 0 Å². The third kappa shape index (κ3) is 4.23. The number of nitrogens with one attached hydrogen (secondary N) is 1. The fourth-order valence-electron chi connectivity index (χ4n) is 2.84. The summed E-state index contributed by atoms with van der Waals surface area (Å²) >= 11 is 0. The van der Waals surface area contributed by atoms with Gasteiger partial charge in [0.15, 0.2) is 9.84 Å². The zero-order valence-corrected chi connectivity index (χ0v) is 13.3. The van der Waals surface area contributed by atoms with Crippen LogP contribution in [0, 0.1) is 11.3 Å². The van der Waals surface area contributed by atoms with Crippen LogP contribution in [0.15, 0.2) is 0 Å². The van der Waals surface area contributed by atoms with Crippen molar-refractivity contribution in [2.45, 2.75) is 64.7 Å². The van der Waals surface area contributed by atoms with Gasteiger partial charge in [-0.1, -0.05) is 40.5 Å². The van der Waals surface area contributed by atoms with E-state index in [0.717, 1.165) is 19.3 Å². The average Bonchev–Trinajstić information content (AvgIpc) is 2.24. The molecule has 0 heterocycles. The molecule has 0 aliphatic heterocycles. The maximum absolute atomic E-state index is 12.5. The Hall–Kier alpha value is -0.0900. The van der Waals surface area contributed by atoms with Crippen molar-refractivity contribution in [2.75, 3.05) is 12.8 Å². The lowest BCUT2D eigenvalue weighted by molar-refractivity contribution is 0.300. The van der Waals surface area contributed by atoms with E-state index in [1.165, 1.54) is 6.42 Å². The van der Waals surface area contributed by atoms with Crippen molar-refractivity contribution >= 4 is 9.84 Å². The van der Waals surface area contributed by atoms with Crippen LogP contribution in [0.2, 0.25) is 0 Å². The SMILES string of the molecule is CNC(CS(=O)(=O)C1CCCC(C)C1)C(C)(C)C. The van der Waals surface area contributed by atoms with E-state index in [9.17, 15) is 8.42 Å². The molecule has 4 heteroatoms. The third-order valence-electron chi connectivity index (χ3n) is 4.19. The Bertz CT molecular complexity index is 356. The first-order chi connectivity index (χ1) is 8.16. The summed E-state index contributed by atoms with van der Waals surface area (Å²) in [6.45, 7) is 8.44. The van der Waals surface area contributed by atoms with Crippen LogP contribution in [0.25, 0.3) is 0 Å². The second-order valence-electron chi connectivity index (χ2n) is 6.93. The smallest absolute Gasteiger partial charge is 0.154 e. The summed E-state index contributed by atoms with van der Waals surface area (Å²) < 4.78 is 25.0. The Morgan fingerprint density at radius 1 is 1.28 bits per heavy atom. The topological polar surface area (TPSA) is 46.2 Å². The monoisotopic (exact) mass is 275 g/mol. The Balaban J connectivity index is 2.74. The highest BCUT2D eigenvalue weighted by Gasteiger charge is 2.35. The largest absolute Gasteiger partial charge is 0.315 e. The summed E-state index contributed by atoms with van der Waals surface area (Å²) in [5.74, 6) is 0.825. The molecule has 1 N–H and O–H groups in total. The van der Waals surface area contributed by atoms with E-state index in [-0.39, 0.29) is 22.5 Å². The van der Waals surface area contributed by atoms with Gasteiger partial charge >= 0.3 is 0 Å². The quantitative estimate of drug-likeness (QED) is 0.858. The lowest BCUT2D eigenvalue weighted by atomic mass is 9.88. The van der Waals surface area contributed by atoms with Gasteiger partial charge in [-0.2, -0.15) is 0 Å². The first-order valence-corrected chi connectivity index (χ1v) is 8.77. The highest BCUT2D eigenvalue weighted by Crippen LogP contribution is 2.30. The normalized spacial score (nSPS) is 28.1. The molecule has 18 heavy (non-hydrogen) atoms. The second kappa shape index (κ2) is 5.91. The molecule has 108 valence electrons. The molecule has 1 rings (SSSR count). The van der Waals surface area contributed by atoms with Crippen LogP contribution in [-0.4, -0.2) is 32.5 Å².